The van der Waals surface area contributed by atoms with Gasteiger partial charge in [-0.3, -0.25) is 4.79 Å². The van der Waals surface area contributed by atoms with Crippen LogP contribution in [0.25, 0.3) is 0 Å². The predicted octanol–water partition coefficient (Wildman–Crippen LogP) is 1.44. The molecule has 2 fully saturated rings. The number of carboxylic acid groups (broad SMARTS) is 1. The fourth-order valence-corrected chi connectivity index (χ4v) is 2.37. The molecular formula is C12H20N2O3. The Hall–Kier alpha value is -1.26. The van der Waals surface area contributed by atoms with Gasteiger partial charge < -0.3 is 15.3 Å². The average Bonchev–Trinajstić information content (AvgIpc) is 3.12. The van der Waals surface area contributed by atoms with Crippen molar-refractivity contribution in [2.45, 2.75) is 44.6 Å². The zero-order valence-electron chi connectivity index (χ0n) is 10.0. The van der Waals surface area contributed by atoms with Crippen LogP contribution in [0.5, 0.6) is 0 Å². The van der Waals surface area contributed by atoms with Crippen molar-refractivity contribution in [3.63, 3.8) is 0 Å². The van der Waals surface area contributed by atoms with Crippen molar-refractivity contribution in [3.8, 4) is 0 Å². The number of nitrogens with one attached hydrogen (secondary N) is 1. The van der Waals surface area contributed by atoms with E-state index in [1.165, 1.54) is 6.42 Å². The quantitative estimate of drug-likeness (QED) is 0.781. The Morgan fingerprint density at radius 1 is 1.24 bits per heavy atom. The predicted molar refractivity (Wildman–Crippen MR) is 62.7 cm³/mol. The molecule has 1 saturated heterocycles. The average molecular weight is 240 g/mol. The largest absolute Gasteiger partial charge is 0.481 e. The van der Waals surface area contributed by atoms with Crippen molar-refractivity contribution in [3.05, 3.63) is 0 Å². The van der Waals surface area contributed by atoms with Crippen LogP contribution in [0.1, 0.15) is 38.5 Å². The zero-order valence-corrected chi connectivity index (χ0v) is 10.0. The van der Waals surface area contributed by atoms with Crippen LogP contribution >= 0.6 is 0 Å². The van der Waals surface area contributed by atoms with Gasteiger partial charge in [-0.1, -0.05) is 0 Å². The lowest BCUT2D eigenvalue weighted by molar-refractivity contribution is -0.137. The second kappa shape index (κ2) is 5.38. The van der Waals surface area contributed by atoms with E-state index in [9.17, 15) is 9.59 Å². The summed E-state index contributed by atoms with van der Waals surface area (Å²) in [6.45, 7) is 1.60. The SMILES string of the molecule is O=C(O)CC(NC(=O)N1CCCCC1)C1CC1. The summed E-state index contributed by atoms with van der Waals surface area (Å²) in [5.74, 6) is -0.458. The molecule has 0 aromatic rings. The number of amides is 2. The van der Waals surface area contributed by atoms with Gasteiger partial charge in [0.25, 0.3) is 0 Å². The van der Waals surface area contributed by atoms with Crippen LogP contribution in [-0.4, -0.2) is 41.1 Å². The van der Waals surface area contributed by atoms with Crippen LogP contribution in [-0.2, 0) is 4.79 Å². The molecule has 0 spiro atoms. The van der Waals surface area contributed by atoms with Crippen LogP contribution in [0.15, 0.2) is 0 Å². The van der Waals surface area contributed by atoms with Crippen molar-refractivity contribution in [2.24, 2.45) is 5.92 Å². The standard InChI is InChI=1S/C12H20N2O3/c15-11(16)8-10(9-4-5-9)13-12(17)14-6-2-1-3-7-14/h9-10H,1-8H2,(H,13,17)(H,15,16). The van der Waals surface area contributed by atoms with E-state index in [2.05, 4.69) is 5.32 Å². The first kappa shape index (κ1) is 12.2. The number of aliphatic carboxylic acids is 1. The van der Waals surface area contributed by atoms with E-state index >= 15 is 0 Å². The minimum absolute atomic E-state index is 0.0459. The fourth-order valence-electron chi connectivity index (χ4n) is 2.37. The van der Waals surface area contributed by atoms with E-state index in [0.717, 1.165) is 38.8 Å². The molecule has 0 aromatic heterocycles. The number of carboxylic acids is 1. The Labute approximate surface area is 101 Å². The summed E-state index contributed by atoms with van der Waals surface area (Å²) >= 11 is 0. The summed E-state index contributed by atoms with van der Waals surface area (Å²) < 4.78 is 0. The molecule has 0 radical (unpaired) electrons. The lowest BCUT2D eigenvalue weighted by Gasteiger charge is -2.29. The van der Waals surface area contributed by atoms with E-state index in [0.29, 0.717) is 5.92 Å². The Balaban J connectivity index is 1.83. The Morgan fingerprint density at radius 3 is 2.41 bits per heavy atom. The van der Waals surface area contributed by atoms with Gasteiger partial charge in [-0.05, 0) is 38.0 Å². The highest BCUT2D eigenvalue weighted by Gasteiger charge is 2.34. The van der Waals surface area contributed by atoms with Gasteiger partial charge in [0.05, 0.1) is 6.42 Å². The third-order valence-corrected chi connectivity index (χ3v) is 3.54. The molecule has 1 saturated carbocycles. The topological polar surface area (TPSA) is 69.6 Å². The molecule has 1 unspecified atom stereocenters. The molecule has 5 nitrogen and oxygen atoms in total. The summed E-state index contributed by atoms with van der Waals surface area (Å²) in [6.07, 6.45) is 5.42. The van der Waals surface area contributed by atoms with Gasteiger partial charge in [-0.15, -0.1) is 0 Å². The molecule has 2 amide bonds. The molecule has 0 aromatic carbocycles. The Kier molecular flexibility index (Phi) is 3.86. The van der Waals surface area contributed by atoms with Crippen molar-refractivity contribution in [2.75, 3.05) is 13.1 Å². The number of piperidine rings is 1. The van der Waals surface area contributed by atoms with Gasteiger partial charge in [-0.2, -0.15) is 0 Å². The fraction of sp³-hybridized carbons (Fsp3) is 0.833. The lowest BCUT2D eigenvalue weighted by atomic mass is 10.1. The summed E-state index contributed by atoms with van der Waals surface area (Å²) in [4.78, 5) is 24.5. The Morgan fingerprint density at radius 2 is 1.88 bits per heavy atom. The Bertz CT molecular complexity index is 296. The highest BCUT2D eigenvalue weighted by Crippen LogP contribution is 2.34. The van der Waals surface area contributed by atoms with Gasteiger partial charge in [0.2, 0.25) is 0 Å². The van der Waals surface area contributed by atoms with Crippen LogP contribution in [0.2, 0.25) is 0 Å². The monoisotopic (exact) mass is 240 g/mol. The molecule has 2 aliphatic rings. The third-order valence-electron chi connectivity index (χ3n) is 3.54. The highest BCUT2D eigenvalue weighted by molar-refractivity contribution is 5.76. The number of hydrogen-bond acceptors (Lipinski definition) is 2. The van der Waals surface area contributed by atoms with Gasteiger partial charge >= 0.3 is 12.0 Å². The minimum Gasteiger partial charge on any atom is -0.481 e. The number of urea groups is 1. The van der Waals surface area contributed by atoms with Crippen LogP contribution in [0.3, 0.4) is 0 Å². The smallest absolute Gasteiger partial charge is 0.317 e. The van der Waals surface area contributed by atoms with Gasteiger partial charge in [-0.25, -0.2) is 4.79 Å². The molecule has 1 aliphatic carbocycles. The van der Waals surface area contributed by atoms with Crippen LogP contribution in [0.4, 0.5) is 4.79 Å². The van der Waals surface area contributed by atoms with E-state index in [-0.39, 0.29) is 18.5 Å². The lowest BCUT2D eigenvalue weighted by Crippen LogP contribution is -2.48. The first-order chi connectivity index (χ1) is 8.16. The highest BCUT2D eigenvalue weighted by atomic mass is 16.4. The van der Waals surface area contributed by atoms with E-state index in [1.54, 1.807) is 4.90 Å². The summed E-state index contributed by atoms with van der Waals surface area (Å²) in [6, 6.07) is -0.259. The van der Waals surface area contributed by atoms with Crippen molar-refractivity contribution in [1.29, 1.82) is 0 Å². The number of carbonyl (C=O) groups is 2. The molecule has 1 heterocycles. The molecule has 96 valence electrons. The maximum absolute atomic E-state index is 11.9. The molecule has 0 bridgehead atoms. The molecule has 2 rings (SSSR count). The van der Waals surface area contributed by atoms with Gasteiger partial charge in [0.15, 0.2) is 0 Å². The van der Waals surface area contributed by atoms with Crippen molar-refractivity contribution in [1.82, 2.24) is 10.2 Å². The number of likely N-dealkylation sites (tertiary alicyclic amines) is 1. The second-order valence-corrected chi connectivity index (χ2v) is 5.04. The second-order valence-electron chi connectivity index (χ2n) is 5.04. The number of nitrogens with zero attached hydrogens (tertiary/aromatic N) is 1. The van der Waals surface area contributed by atoms with E-state index < -0.39 is 5.97 Å². The van der Waals surface area contributed by atoms with Crippen molar-refractivity contribution >= 4 is 12.0 Å². The zero-order chi connectivity index (χ0) is 12.3. The normalized spacial score (nSPS) is 22.0. The van der Waals surface area contributed by atoms with Crippen LogP contribution in [0, 0.1) is 5.92 Å². The third kappa shape index (κ3) is 3.61. The molecule has 1 aliphatic heterocycles. The number of rotatable bonds is 4. The summed E-state index contributed by atoms with van der Waals surface area (Å²) in [5.41, 5.74) is 0. The maximum Gasteiger partial charge on any atom is 0.317 e. The van der Waals surface area contributed by atoms with E-state index in [1.807, 2.05) is 0 Å². The molecule has 1 atom stereocenters. The van der Waals surface area contributed by atoms with Gasteiger partial charge in [0.1, 0.15) is 0 Å². The summed E-state index contributed by atoms with van der Waals surface area (Å²) in [7, 11) is 0. The molecule has 17 heavy (non-hydrogen) atoms. The van der Waals surface area contributed by atoms with Gasteiger partial charge in [0, 0.05) is 19.1 Å². The molecule has 2 N–H and O–H groups in total. The van der Waals surface area contributed by atoms with E-state index in [4.69, 9.17) is 5.11 Å². The first-order valence-electron chi connectivity index (χ1n) is 6.44. The first-order valence-corrected chi connectivity index (χ1v) is 6.44. The molecule has 5 heteroatoms. The summed E-state index contributed by atoms with van der Waals surface area (Å²) in [5, 5.41) is 11.7. The number of carbonyl (C=O) groups excluding carboxylic acids is 1. The number of hydrogen-bond donors (Lipinski definition) is 2. The maximum atomic E-state index is 11.9. The molecular weight excluding hydrogens is 220 g/mol. The van der Waals surface area contributed by atoms with Crippen molar-refractivity contribution < 1.29 is 14.7 Å². The minimum atomic E-state index is -0.833. The van der Waals surface area contributed by atoms with Crippen LogP contribution < -0.4 is 5.32 Å².